The molecule has 2 aromatic rings. The number of non-ortho nitro benzene ring substituents is 2. The number of carbonyl (C=O) groups excluding carboxylic acids is 2. The van der Waals surface area contributed by atoms with E-state index in [1.807, 2.05) is 0 Å². The lowest BCUT2D eigenvalue weighted by molar-refractivity contribution is -0.385. The lowest BCUT2D eigenvalue weighted by atomic mass is 9.79. The van der Waals surface area contributed by atoms with Crippen LogP contribution in [0.15, 0.2) is 36.4 Å². The summed E-state index contributed by atoms with van der Waals surface area (Å²) in [5, 5.41) is 71.2. The fourth-order valence-electron chi connectivity index (χ4n) is 3.54. The molecule has 0 saturated heterocycles. The molecule has 206 valence electrons. The maximum absolute atomic E-state index is 12.9. The van der Waals surface area contributed by atoms with Crippen molar-refractivity contribution in [3.8, 4) is 0 Å². The highest BCUT2D eigenvalue weighted by molar-refractivity contribution is 6.59. The lowest BCUT2D eigenvalue weighted by Crippen LogP contribution is -2.38. The van der Waals surface area contributed by atoms with E-state index in [2.05, 4.69) is 5.32 Å². The van der Waals surface area contributed by atoms with Crippen molar-refractivity contribution < 1.29 is 49.4 Å². The zero-order valence-corrected chi connectivity index (χ0v) is 20.3. The number of unbranched alkanes of at least 4 members (excludes halogenated alkanes) is 2. The molecule has 0 heterocycles. The van der Waals surface area contributed by atoms with E-state index in [0.29, 0.717) is 12.8 Å². The Bertz CT molecular complexity index is 1260. The number of carbonyl (C=O) groups is 3. The predicted molar refractivity (Wildman–Crippen MR) is 136 cm³/mol. The van der Waals surface area contributed by atoms with E-state index in [-0.39, 0.29) is 41.6 Å². The number of nitro benzene ring substituents is 2. The lowest BCUT2D eigenvalue weighted by Gasteiger charge is -2.21. The summed E-state index contributed by atoms with van der Waals surface area (Å²) in [4.78, 5) is 58.0. The number of amides is 2. The van der Waals surface area contributed by atoms with Gasteiger partial charge in [-0.1, -0.05) is 0 Å². The quantitative estimate of drug-likeness (QED) is 0.0651. The first-order valence-electron chi connectivity index (χ1n) is 11.4. The number of hydrogen-bond donors (Lipinski definition) is 6. The fraction of sp³-hybridized carbons (Fsp3) is 0.286. The molecule has 0 aliphatic heterocycles. The van der Waals surface area contributed by atoms with Gasteiger partial charge >= 0.3 is 20.2 Å². The van der Waals surface area contributed by atoms with Gasteiger partial charge < -0.3 is 35.4 Å². The normalized spacial score (nSPS) is 10.5. The number of hydrogen-bond acceptors (Lipinski definition) is 11. The summed E-state index contributed by atoms with van der Waals surface area (Å²) >= 11 is 0. The van der Waals surface area contributed by atoms with Crippen LogP contribution in [-0.2, 0) is 4.79 Å². The predicted octanol–water partition coefficient (Wildman–Crippen LogP) is -2.01. The van der Waals surface area contributed by atoms with E-state index in [1.54, 1.807) is 0 Å². The Hall–Kier alpha value is -4.38. The molecule has 6 N–H and O–H groups in total. The van der Waals surface area contributed by atoms with E-state index < -0.39 is 59.8 Å². The zero-order valence-electron chi connectivity index (χ0n) is 20.3. The Morgan fingerprint density at radius 2 is 1.31 bits per heavy atom. The minimum Gasteiger partial charge on any atom is -0.480 e. The van der Waals surface area contributed by atoms with E-state index in [0.717, 1.165) is 41.3 Å². The molecule has 0 fully saturated rings. The van der Waals surface area contributed by atoms with E-state index in [1.165, 1.54) is 0 Å². The third kappa shape index (κ3) is 9.15. The molecular formula is C21H24B2N4O12. The molecule has 0 atom stereocenters. The molecule has 0 saturated carbocycles. The highest BCUT2D eigenvalue weighted by atomic mass is 16.6. The summed E-state index contributed by atoms with van der Waals surface area (Å²) < 4.78 is 0. The van der Waals surface area contributed by atoms with Gasteiger partial charge in [-0.25, -0.2) is 0 Å². The number of nitrogens with one attached hydrogen (secondary N) is 1. The number of benzene rings is 2. The molecule has 0 spiro atoms. The molecule has 16 nitrogen and oxygen atoms in total. The smallest absolute Gasteiger partial charge is 0.480 e. The van der Waals surface area contributed by atoms with Crippen molar-refractivity contribution in [3.05, 3.63) is 67.8 Å². The molecule has 2 amide bonds. The van der Waals surface area contributed by atoms with E-state index in [4.69, 9.17) is 0 Å². The maximum atomic E-state index is 12.9. The highest BCUT2D eigenvalue weighted by Crippen LogP contribution is 2.15. The largest absolute Gasteiger partial charge is 0.488 e. The summed E-state index contributed by atoms with van der Waals surface area (Å²) in [5.41, 5.74) is -2.09. The van der Waals surface area contributed by atoms with Crippen molar-refractivity contribution in [2.24, 2.45) is 0 Å². The molecule has 0 aliphatic rings. The molecular weight excluding hydrogens is 522 g/mol. The van der Waals surface area contributed by atoms with Crippen LogP contribution in [0.5, 0.6) is 0 Å². The SMILES string of the molecule is O=C(O)CN(CCCCCNC(=O)c1cc(B(O)O)cc([N+](=O)[O-])c1)C(=O)c1cc(B(O)O)cc([N+](=O)[O-])c1. The van der Waals surface area contributed by atoms with Crippen LogP contribution >= 0.6 is 0 Å². The van der Waals surface area contributed by atoms with Crippen LogP contribution in [0.25, 0.3) is 0 Å². The molecule has 0 bridgehead atoms. The summed E-state index contributed by atoms with van der Waals surface area (Å²) in [6.07, 6.45) is 1.04. The number of carboxylic acid groups (broad SMARTS) is 1. The van der Waals surface area contributed by atoms with Crippen molar-refractivity contribution >= 4 is 54.3 Å². The molecule has 0 aliphatic carbocycles. The van der Waals surface area contributed by atoms with Gasteiger partial charge in [-0.3, -0.25) is 34.6 Å². The molecule has 0 aromatic heterocycles. The third-order valence-corrected chi connectivity index (χ3v) is 5.41. The minimum atomic E-state index is -2.10. The third-order valence-electron chi connectivity index (χ3n) is 5.41. The Morgan fingerprint density at radius 1 is 0.795 bits per heavy atom. The van der Waals surface area contributed by atoms with E-state index >= 15 is 0 Å². The molecule has 2 rings (SSSR count). The van der Waals surface area contributed by atoms with Gasteiger partial charge in [-0.2, -0.15) is 0 Å². The summed E-state index contributed by atoms with van der Waals surface area (Å²) in [7, 11) is -4.11. The Morgan fingerprint density at radius 3 is 1.79 bits per heavy atom. The molecule has 0 unspecified atom stereocenters. The zero-order chi connectivity index (χ0) is 29.3. The van der Waals surface area contributed by atoms with Gasteiger partial charge in [0.2, 0.25) is 0 Å². The molecule has 39 heavy (non-hydrogen) atoms. The Labute approximate surface area is 221 Å². The van der Waals surface area contributed by atoms with Gasteiger partial charge in [0.25, 0.3) is 23.2 Å². The van der Waals surface area contributed by atoms with Crippen molar-refractivity contribution in [3.63, 3.8) is 0 Å². The fourth-order valence-corrected chi connectivity index (χ4v) is 3.54. The van der Waals surface area contributed by atoms with E-state index in [9.17, 15) is 59.8 Å². The average Bonchev–Trinajstić information content (AvgIpc) is 2.88. The van der Waals surface area contributed by atoms with Gasteiger partial charge in [0.05, 0.1) is 9.85 Å². The summed E-state index contributed by atoms with van der Waals surface area (Å²) in [6, 6.07) is 5.78. The number of nitro groups is 2. The van der Waals surface area contributed by atoms with Crippen molar-refractivity contribution in [2.45, 2.75) is 19.3 Å². The first-order chi connectivity index (χ1) is 18.3. The van der Waals surface area contributed by atoms with Crippen molar-refractivity contribution in [1.82, 2.24) is 10.2 Å². The summed E-state index contributed by atoms with van der Waals surface area (Å²) in [5.74, 6) is -2.91. The van der Waals surface area contributed by atoms with Gasteiger partial charge in [-0.05, 0) is 42.3 Å². The second-order valence-corrected chi connectivity index (χ2v) is 8.33. The van der Waals surface area contributed by atoms with Crippen LogP contribution in [-0.4, -0.2) is 91.6 Å². The number of nitrogens with zero attached hydrogens (tertiary/aromatic N) is 3. The Kier molecular flexibility index (Phi) is 11.0. The minimum absolute atomic E-state index is 0.0680. The van der Waals surface area contributed by atoms with Gasteiger partial charge in [0.15, 0.2) is 0 Å². The monoisotopic (exact) mass is 546 g/mol. The van der Waals surface area contributed by atoms with Crippen LogP contribution in [0.4, 0.5) is 11.4 Å². The highest BCUT2D eigenvalue weighted by Gasteiger charge is 2.24. The number of aliphatic carboxylic acids is 1. The van der Waals surface area contributed by atoms with Crippen molar-refractivity contribution in [2.75, 3.05) is 19.6 Å². The first-order valence-corrected chi connectivity index (χ1v) is 11.4. The second kappa shape index (κ2) is 14.0. The van der Waals surface area contributed by atoms with Crippen LogP contribution < -0.4 is 16.2 Å². The van der Waals surface area contributed by atoms with Gasteiger partial charge in [0, 0.05) is 48.5 Å². The summed E-state index contributed by atoms with van der Waals surface area (Å²) in [6.45, 7) is -0.684. The Balaban J connectivity index is 1.98. The molecule has 0 radical (unpaired) electrons. The number of rotatable bonds is 14. The molecule has 2 aromatic carbocycles. The van der Waals surface area contributed by atoms with Gasteiger partial charge in [0.1, 0.15) is 6.54 Å². The van der Waals surface area contributed by atoms with Gasteiger partial charge in [-0.15, -0.1) is 0 Å². The van der Waals surface area contributed by atoms with Crippen LogP contribution in [0, 0.1) is 20.2 Å². The van der Waals surface area contributed by atoms with Crippen LogP contribution in [0.2, 0.25) is 0 Å². The van der Waals surface area contributed by atoms with Crippen molar-refractivity contribution in [1.29, 1.82) is 0 Å². The standard InChI is InChI=1S/C21H24B2N4O12/c28-19(29)12-25(21(31)14-7-16(23(34)35)11-18(9-14)27(38)39)5-3-1-2-4-24-20(30)13-6-15(22(32)33)10-17(8-13)26(36)37/h6-11,32-35H,1-5,12H2,(H,24,30)(H,28,29). The second-order valence-electron chi connectivity index (χ2n) is 8.33. The number of carboxylic acids is 1. The average molecular weight is 546 g/mol. The van der Waals surface area contributed by atoms with Crippen LogP contribution in [0.1, 0.15) is 40.0 Å². The van der Waals surface area contributed by atoms with Crippen LogP contribution in [0.3, 0.4) is 0 Å². The first kappa shape index (κ1) is 30.8. The molecule has 18 heteroatoms. The topological polar surface area (TPSA) is 254 Å². The maximum Gasteiger partial charge on any atom is 0.488 e.